The van der Waals surface area contributed by atoms with E-state index in [1.807, 2.05) is 13.0 Å². The Labute approximate surface area is 108 Å². The first-order valence-electron chi connectivity index (χ1n) is 6.12. The number of amides is 1. The van der Waals surface area contributed by atoms with E-state index in [0.29, 0.717) is 18.2 Å². The Morgan fingerprint density at radius 3 is 2.78 bits per heavy atom. The standard InChI is InChI=1S/C14H20N2O2/c1-5-6-9-18-11(3)13-7-8-14(15-10(13)2)16-12(4)17/h7-8H,3,5-6,9H2,1-2,4H3,(H,15,16,17). The van der Waals surface area contributed by atoms with Crippen molar-refractivity contribution in [1.82, 2.24) is 4.98 Å². The van der Waals surface area contributed by atoms with Crippen molar-refractivity contribution >= 4 is 17.5 Å². The highest BCUT2D eigenvalue weighted by Crippen LogP contribution is 2.19. The van der Waals surface area contributed by atoms with Crippen molar-refractivity contribution in [2.45, 2.75) is 33.6 Å². The summed E-state index contributed by atoms with van der Waals surface area (Å²) in [6.45, 7) is 10.0. The number of anilines is 1. The number of rotatable bonds is 6. The minimum absolute atomic E-state index is 0.132. The number of pyridine rings is 1. The van der Waals surface area contributed by atoms with Gasteiger partial charge in [0, 0.05) is 12.5 Å². The number of unbranched alkanes of at least 4 members (excludes halogenated alkanes) is 1. The van der Waals surface area contributed by atoms with Crippen molar-refractivity contribution < 1.29 is 9.53 Å². The van der Waals surface area contributed by atoms with Gasteiger partial charge in [-0.2, -0.15) is 0 Å². The van der Waals surface area contributed by atoms with Crippen LogP contribution in [0.5, 0.6) is 0 Å². The van der Waals surface area contributed by atoms with Crippen molar-refractivity contribution in [3.63, 3.8) is 0 Å². The van der Waals surface area contributed by atoms with Crippen LogP contribution in [0.1, 0.15) is 37.9 Å². The molecule has 98 valence electrons. The summed E-state index contributed by atoms with van der Waals surface area (Å²) >= 11 is 0. The van der Waals surface area contributed by atoms with Crippen molar-refractivity contribution in [3.05, 3.63) is 30.0 Å². The Morgan fingerprint density at radius 1 is 1.50 bits per heavy atom. The molecule has 1 N–H and O–H groups in total. The summed E-state index contributed by atoms with van der Waals surface area (Å²) < 4.78 is 5.55. The highest BCUT2D eigenvalue weighted by molar-refractivity contribution is 5.87. The summed E-state index contributed by atoms with van der Waals surface area (Å²) in [4.78, 5) is 15.2. The minimum Gasteiger partial charge on any atom is -0.494 e. The maximum absolute atomic E-state index is 10.9. The molecular formula is C14H20N2O2. The van der Waals surface area contributed by atoms with Crippen molar-refractivity contribution in [2.24, 2.45) is 0 Å². The van der Waals surface area contributed by atoms with E-state index in [2.05, 4.69) is 23.8 Å². The maximum Gasteiger partial charge on any atom is 0.222 e. The number of ether oxygens (including phenoxy) is 1. The predicted molar refractivity (Wildman–Crippen MR) is 73.2 cm³/mol. The first kappa shape index (κ1) is 14.2. The smallest absolute Gasteiger partial charge is 0.222 e. The van der Waals surface area contributed by atoms with E-state index in [1.54, 1.807) is 6.07 Å². The van der Waals surface area contributed by atoms with Gasteiger partial charge in [-0.3, -0.25) is 4.79 Å². The van der Waals surface area contributed by atoms with Gasteiger partial charge in [0.05, 0.1) is 12.3 Å². The molecule has 0 bridgehead atoms. The Bertz CT molecular complexity index is 441. The molecule has 1 heterocycles. The van der Waals surface area contributed by atoms with Gasteiger partial charge in [-0.25, -0.2) is 4.98 Å². The molecule has 0 aliphatic rings. The molecule has 0 saturated heterocycles. The van der Waals surface area contributed by atoms with Gasteiger partial charge in [-0.05, 0) is 25.5 Å². The third kappa shape index (κ3) is 4.20. The van der Waals surface area contributed by atoms with Crippen molar-refractivity contribution in [2.75, 3.05) is 11.9 Å². The molecule has 0 atom stereocenters. The van der Waals surface area contributed by atoms with Crippen molar-refractivity contribution in [1.29, 1.82) is 0 Å². The normalized spacial score (nSPS) is 9.94. The van der Waals surface area contributed by atoms with Crippen LogP contribution < -0.4 is 5.32 Å². The zero-order valence-electron chi connectivity index (χ0n) is 11.2. The molecule has 18 heavy (non-hydrogen) atoms. The highest BCUT2D eigenvalue weighted by Gasteiger charge is 2.07. The summed E-state index contributed by atoms with van der Waals surface area (Å²) in [5.41, 5.74) is 1.67. The average molecular weight is 248 g/mol. The molecule has 0 aromatic carbocycles. The maximum atomic E-state index is 10.9. The average Bonchev–Trinajstić information content (AvgIpc) is 2.28. The fourth-order valence-electron chi connectivity index (χ4n) is 1.52. The molecule has 1 aromatic rings. The predicted octanol–water partition coefficient (Wildman–Crippen LogP) is 3.14. The Morgan fingerprint density at radius 2 is 2.22 bits per heavy atom. The van der Waals surface area contributed by atoms with Crippen LogP contribution in [0.25, 0.3) is 5.76 Å². The second kappa shape index (κ2) is 6.79. The van der Waals surface area contributed by atoms with Gasteiger partial charge in [0.2, 0.25) is 5.91 Å². The molecular weight excluding hydrogens is 228 g/mol. The first-order chi connectivity index (χ1) is 8.54. The van der Waals surface area contributed by atoms with Gasteiger partial charge in [0.1, 0.15) is 11.6 Å². The number of nitrogens with zero attached hydrogens (tertiary/aromatic N) is 1. The number of aryl methyl sites for hydroxylation is 1. The third-order valence-corrected chi connectivity index (χ3v) is 2.46. The van der Waals surface area contributed by atoms with E-state index in [4.69, 9.17) is 4.74 Å². The van der Waals surface area contributed by atoms with Crippen molar-refractivity contribution in [3.8, 4) is 0 Å². The summed E-state index contributed by atoms with van der Waals surface area (Å²) in [5.74, 6) is 1.04. The van der Waals surface area contributed by atoms with E-state index in [-0.39, 0.29) is 5.91 Å². The summed E-state index contributed by atoms with van der Waals surface area (Å²) in [6.07, 6.45) is 2.10. The van der Waals surface area contributed by atoms with Gasteiger partial charge in [0.25, 0.3) is 0 Å². The van der Waals surface area contributed by atoms with E-state index >= 15 is 0 Å². The van der Waals surface area contributed by atoms with Gasteiger partial charge in [-0.1, -0.05) is 19.9 Å². The molecule has 0 spiro atoms. The van der Waals surface area contributed by atoms with E-state index in [0.717, 1.165) is 24.1 Å². The number of hydrogen-bond acceptors (Lipinski definition) is 3. The molecule has 1 amide bonds. The monoisotopic (exact) mass is 248 g/mol. The van der Waals surface area contributed by atoms with Crippen LogP contribution in [-0.2, 0) is 9.53 Å². The van der Waals surface area contributed by atoms with Crippen LogP contribution in [-0.4, -0.2) is 17.5 Å². The van der Waals surface area contributed by atoms with Gasteiger partial charge < -0.3 is 10.1 Å². The molecule has 0 saturated carbocycles. The molecule has 0 aliphatic heterocycles. The van der Waals surface area contributed by atoms with Gasteiger partial charge >= 0.3 is 0 Å². The van der Waals surface area contributed by atoms with Crippen LogP contribution in [0.3, 0.4) is 0 Å². The number of nitrogens with one attached hydrogen (secondary N) is 1. The summed E-state index contributed by atoms with van der Waals surface area (Å²) in [5, 5.41) is 2.64. The minimum atomic E-state index is -0.132. The topological polar surface area (TPSA) is 51.2 Å². The molecule has 4 nitrogen and oxygen atoms in total. The lowest BCUT2D eigenvalue weighted by molar-refractivity contribution is -0.114. The summed E-state index contributed by atoms with van der Waals surface area (Å²) in [6, 6.07) is 3.61. The SMILES string of the molecule is C=C(OCCCC)c1ccc(NC(C)=O)nc1C. The highest BCUT2D eigenvalue weighted by atomic mass is 16.5. The van der Waals surface area contributed by atoms with E-state index in [1.165, 1.54) is 6.92 Å². The fraction of sp³-hybridized carbons (Fsp3) is 0.429. The van der Waals surface area contributed by atoms with Crippen LogP contribution in [0.4, 0.5) is 5.82 Å². The number of aromatic nitrogens is 1. The summed E-state index contributed by atoms with van der Waals surface area (Å²) in [7, 11) is 0. The number of carbonyl (C=O) groups excluding carboxylic acids is 1. The molecule has 0 aliphatic carbocycles. The Balaban J connectivity index is 2.72. The Hall–Kier alpha value is -1.84. The zero-order chi connectivity index (χ0) is 13.5. The van der Waals surface area contributed by atoms with Crippen LogP contribution in [0.15, 0.2) is 18.7 Å². The molecule has 1 aromatic heterocycles. The van der Waals surface area contributed by atoms with E-state index < -0.39 is 0 Å². The lowest BCUT2D eigenvalue weighted by Gasteiger charge is -2.11. The lowest BCUT2D eigenvalue weighted by atomic mass is 10.2. The van der Waals surface area contributed by atoms with Crippen LogP contribution >= 0.6 is 0 Å². The molecule has 4 heteroatoms. The molecule has 0 radical (unpaired) electrons. The quantitative estimate of drug-likeness (QED) is 0.621. The van der Waals surface area contributed by atoms with E-state index in [9.17, 15) is 4.79 Å². The number of hydrogen-bond donors (Lipinski definition) is 1. The molecule has 0 fully saturated rings. The second-order valence-electron chi connectivity index (χ2n) is 4.14. The molecule has 1 rings (SSSR count). The van der Waals surface area contributed by atoms with Crippen LogP contribution in [0, 0.1) is 6.92 Å². The first-order valence-corrected chi connectivity index (χ1v) is 6.12. The van der Waals surface area contributed by atoms with Crippen LogP contribution in [0.2, 0.25) is 0 Å². The molecule has 0 unspecified atom stereocenters. The van der Waals surface area contributed by atoms with Gasteiger partial charge in [-0.15, -0.1) is 0 Å². The zero-order valence-corrected chi connectivity index (χ0v) is 11.2. The number of carbonyl (C=O) groups is 1. The second-order valence-corrected chi connectivity index (χ2v) is 4.14. The van der Waals surface area contributed by atoms with Gasteiger partial charge in [0.15, 0.2) is 0 Å². The third-order valence-electron chi connectivity index (χ3n) is 2.46. The fourth-order valence-corrected chi connectivity index (χ4v) is 1.52. The largest absolute Gasteiger partial charge is 0.494 e. The Kier molecular flexibility index (Phi) is 5.36. The lowest BCUT2D eigenvalue weighted by Crippen LogP contribution is -2.08.